The quantitative estimate of drug-likeness (QED) is 0.527. The second-order valence-electron chi connectivity index (χ2n) is 7.25. The standard InChI is InChI=1S/C22H26O2/c1-11-8-18(9-12(2)13(11)3)19-10-20(23)24-22-17(7)15(5)14(4)16(6)21(19)22/h8-9,19H,10H2,1-7H3. The molecule has 3 rings (SSSR count). The Kier molecular flexibility index (Phi) is 4.03. The molecule has 1 heterocycles. The van der Waals surface area contributed by atoms with E-state index >= 15 is 0 Å². The zero-order chi connectivity index (χ0) is 17.8. The van der Waals surface area contributed by atoms with Crippen molar-refractivity contribution in [3.63, 3.8) is 0 Å². The number of hydrogen-bond donors (Lipinski definition) is 0. The molecule has 0 fully saturated rings. The molecule has 2 heteroatoms. The average Bonchev–Trinajstić information content (AvgIpc) is 2.54. The second kappa shape index (κ2) is 5.77. The van der Waals surface area contributed by atoms with Crippen LogP contribution in [0.2, 0.25) is 0 Å². The lowest BCUT2D eigenvalue weighted by molar-refractivity contribution is -0.135. The van der Waals surface area contributed by atoms with E-state index in [4.69, 9.17) is 4.74 Å². The van der Waals surface area contributed by atoms with Crippen molar-refractivity contribution < 1.29 is 9.53 Å². The monoisotopic (exact) mass is 322 g/mol. The summed E-state index contributed by atoms with van der Waals surface area (Å²) >= 11 is 0. The normalized spacial score (nSPS) is 16.8. The van der Waals surface area contributed by atoms with Crippen LogP contribution in [0.5, 0.6) is 5.75 Å². The van der Waals surface area contributed by atoms with E-state index in [1.807, 2.05) is 0 Å². The van der Waals surface area contributed by atoms with Crippen molar-refractivity contribution in [3.05, 3.63) is 62.2 Å². The van der Waals surface area contributed by atoms with Crippen molar-refractivity contribution in [2.75, 3.05) is 0 Å². The van der Waals surface area contributed by atoms with Crippen LogP contribution in [-0.2, 0) is 4.79 Å². The van der Waals surface area contributed by atoms with Crippen LogP contribution >= 0.6 is 0 Å². The number of benzene rings is 2. The molecule has 0 aliphatic carbocycles. The van der Waals surface area contributed by atoms with E-state index in [0.29, 0.717) is 6.42 Å². The van der Waals surface area contributed by atoms with Crippen LogP contribution in [0.1, 0.15) is 62.4 Å². The Balaban J connectivity index is 2.29. The number of carbonyl (C=O) groups is 1. The van der Waals surface area contributed by atoms with Gasteiger partial charge < -0.3 is 4.74 Å². The molecule has 0 saturated heterocycles. The number of esters is 1. The Labute approximate surface area is 144 Å². The fraction of sp³-hybridized carbons (Fsp3) is 0.409. The average molecular weight is 322 g/mol. The molecule has 0 saturated carbocycles. The predicted octanol–water partition coefficient (Wildman–Crippen LogP) is 5.29. The predicted molar refractivity (Wildman–Crippen MR) is 98.1 cm³/mol. The van der Waals surface area contributed by atoms with Gasteiger partial charge in [0, 0.05) is 11.5 Å². The summed E-state index contributed by atoms with van der Waals surface area (Å²) < 4.78 is 5.68. The molecular formula is C22H26O2. The highest BCUT2D eigenvalue weighted by molar-refractivity contribution is 5.79. The van der Waals surface area contributed by atoms with Crippen LogP contribution < -0.4 is 4.74 Å². The Morgan fingerprint density at radius 2 is 1.33 bits per heavy atom. The summed E-state index contributed by atoms with van der Waals surface area (Å²) in [5.74, 6) is 0.735. The first-order valence-corrected chi connectivity index (χ1v) is 8.61. The van der Waals surface area contributed by atoms with Crippen LogP contribution in [-0.4, -0.2) is 5.97 Å². The lowest BCUT2D eigenvalue weighted by Crippen LogP contribution is -2.24. The molecule has 126 valence electrons. The van der Waals surface area contributed by atoms with Gasteiger partial charge in [-0.25, -0.2) is 0 Å². The van der Waals surface area contributed by atoms with Gasteiger partial charge in [-0.3, -0.25) is 4.79 Å². The van der Waals surface area contributed by atoms with E-state index in [-0.39, 0.29) is 11.9 Å². The van der Waals surface area contributed by atoms with Crippen molar-refractivity contribution in [2.24, 2.45) is 0 Å². The minimum absolute atomic E-state index is 0.0808. The number of ether oxygens (including phenoxy) is 1. The van der Waals surface area contributed by atoms with Crippen molar-refractivity contribution in [1.82, 2.24) is 0 Å². The third kappa shape index (κ3) is 2.45. The summed E-state index contributed by atoms with van der Waals surface area (Å²) in [5, 5.41) is 0. The molecule has 0 radical (unpaired) electrons. The molecule has 1 aliphatic heterocycles. The molecule has 0 N–H and O–H groups in total. The highest BCUT2D eigenvalue weighted by atomic mass is 16.5. The van der Waals surface area contributed by atoms with Gasteiger partial charge in [0.2, 0.25) is 0 Å². The van der Waals surface area contributed by atoms with Gasteiger partial charge >= 0.3 is 5.97 Å². The molecule has 0 aromatic heterocycles. The van der Waals surface area contributed by atoms with Gasteiger partial charge in [-0.1, -0.05) is 12.1 Å². The number of aryl methyl sites for hydroxylation is 2. The van der Waals surface area contributed by atoms with Gasteiger partial charge in [-0.15, -0.1) is 0 Å². The van der Waals surface area contributed by atoms with Crippen LogP contribution in [0.4, 0.5) is 0 Å². The van der Waals surface area contributed by atoms with Crippen LogP contribution in [0.3, 0.4) is 0 Å². The Hall–Kier alpha value is -2.09. The van der Waals surface area contributed by atoms with Crippen LogP contribution in [0, 0.1) is 48.5 Å². The maximum Gasteiger partial charge on any atom is 0.312 e. The first-order chi connectivity index (χ1) is 11.2. The largest absolute Gasteiger partial charge is 0.426 e. The summed E-state index contributed by atoms with van der Waals surface area (Å²) in [6.07, 6.45) is 0.414. The van der Waals surface area contributed by atoms with E-state index in [1.54, 1.807) is 0 Å². The minimum Gasteiger partial charge on any atom is -0.426 e. The highest BCUT2D eigenvalue weighted by Gasteiger charge is 2.33. The molecule has 1 atom stereocenters. The summed E-state index contributed by atoms with van der Waals surface area (Å²) in [4.78, 5) is 12.3. The smallest absolute Gasteiger partial charge is 0.312 e. The Bertz CT molecular complexity index is 836. The Morgan fingerprint density at radius 1 is 0.792 bits per heavy atom. The van der Waals surface area contributed by atoms with Crippen molar-refractivity contribution in [1.29, 1.82) is 0 Å². The highest BCUT2D eigenvalue weighted by Crippen LogP contribution is 2.45. The maximum atomic E-state index is 12.3. The number of fused-ring (bicyclic) bond motifs is 1. The summed E-state index contributed by atoms with van der Waals surface area (Å²) in [5.41, 5.74) is 11.2. The third-order valence-electron chi connectivity index (χ3n) is 5.96. The molecule has 24 heavy (non-hydrogen) atoms. The number of rotatable bonds is 1. The molecule has 0 amide bonds. The molecule has 1 unspecified atom stereocenters. The van der Waals surface area contributed by atoms with Gasteiger partial charge in [0.15, 0.2) is 0 Å². The number of hydrogen-bond acceptors (Lipinski definition) is 2. The first kappa shape index (κ1) is 16.8. The van der Waals surface area contributed by atoms with Gasteiger partial charge in [-0.2, -0.15) is 0 Å². The number of carbonyl (C=O) groups excluding carboxylic acids is 1. The van der Waals surface area contributed by atoms with Crippen molar-refractivity contribution in [3.8, 4) is 5.75 Å². The van der Waals surface area contributed by atoms with E-state index in [9.17, 15) is 4.79 Å². The van der Waals surface area contributed by atoms with Crippen LogP contribution in [0.25, 0.3) is 0 Å². The lowest BCUT2D eigenvalue weighted by Gasteiger charge is -2.30. The van der Waals surface area contributed by atoms with E-state index in [0.717, 1.165) is 11.3 Å². The molecule has 2 aromatic carbocycles. The van der Waals surface area contributed by atoms with E-state index in [1.165, 1.54) is 44.5 Å². The zero-order valence-electron chi connectivity index (χ0n) is 15.8. The fourth-order valence-corrected chi connectivity index (χ4v) is 3.84. The van der Waals surface area contributed by atoms with Gasteiger partial charge in [0.25, 0.3) is 0 Å². The lowest BCUT2D eigenvalue weighted by atomic mass is 9.79. The third-order valence-corrected chi connectivity index (χ3v) is 5.96. The molecular weight excluding hydrogens is 296 g/mol. The van der Waals surface area contributed by atoms with Crippen molar-refractivity contribution in [2.45, 2.75) is 60.8 Å². The zero-order valence-corrected chi connectivity index (χ0v) is 15.8. The topological polar surface area (TPSA) is 26.3 Å². The molecule has 0 bridgehead atoms. The van der Waals surface area contributed by atoms with Gasteiger partial charge in [0.05, 0.1) is 6.42 Å². The maximum absolute atomic E-state index is 12.3. The molecule has 1 aliphatic rings. The molecule has 2 nitrogen and oxygen atoms in total. The molecule has 0 spiro atoms. The Morgan fingerprint density at radius 3 is 1.92 bits per heavy atom. The second-order valence-corrected chi connectivity index (χ2v) is 7.25. The fourth-order valence-electron chi connectivity index (χ4n) is 3.84. The minimum atomic E-state index is -0.130. The van der Waals surface area contributed by atoms with E-state index < -0.39 is 0 Å². The van der Waals surface area contributed by atoms with Crippen LogP contribution in [0.15, 0.2) is 12.1 Å². The molecule has 2 aromatic rings. The van der Waals surface area contributed by atoms with Crippen molar-refractivity contribution >= 4 is 5.97 Å². The van der Waals surface area contributed by atoms with Gasteiger partial charge in [-0.05, 0) is 93.0 Å². The summed E-state index contributed by atoms with van der Waals surface area (Å²) in [7, 11) is 0. The first-order valence-electron chi connectivity index (χ1n) is 8.61. The SMILES string of the molecule is Cc1cc(C2CC(=O)Oc3c(C)c(C)c(C)c(C)c32)cc(C)c1C. The summed E-state index contributed by atoms with van der Waals surface area (Å²) in [6, 6.07) is 4.47. The summed E-state index contributed by atoms with van der Waals surface area (Å²) in [6.45, 7) is 14.9. The van der Waals surface area contributed by atoms with E-state index in [2.05, 4.69) is 60.6 Å². The van der Waals surface area contributed by atoms with Gasteiger partial charge in [0.1, 0.15) is 5.75 Å².